The van der Waals surface area contributed by atoms with E-state index in [-0.39, 0.29) is 0 Å². The van der Waals surface area contributed by atoms with Gasteiger partial charge in [-0.3, -0.25) is 0 Å². The Labute approximate surface area is 55.3 Å². The monoisotopic (exact) mass is 120 g/mol. The molecule has 9 heavy (non-hydrogen) atoms. The minimum atomic E-state index is 1.20. The van der Waals surface area contributed by atoms with E-state index in [0.717, 1.165) is 0 Å². The maximum absolute atomic E-state index is 3.65. The van der Waals surface area contributed by atoms with Crippen LogP contribution in [-0.2, 0) is 0 Å². The Morgan fingerprint density at radius 2 is 2.33 bits per heavy atom. The van der Waals surface area contributed by atoms with E-state index in [1.807, 2.05) is 35.9 Å². The summed E-state index contributed by atoms with van der Waals surface area (Å²) in [4.78, 5) is 0. The Morgan fingerprint density at radius 3 is 2.78 bits per heavy atom. The molecule has 1 heterocycles. The molecule has 0 aromatic carbocycles. The standard InChI is InChI=1S/C8H10N/c1-3-9-7-5-4-6-8(9)2/h3-7H,1H2,2H3/q+1. The zero-order valence-electron chi connectivity index (χ0n) is 5.54. The summed E-state index contributed by atoms with van der Waals surface area (Å²) in [6.45, 7) is 5.70. The quantitative estimate of drug-likeness (QED) is 0.493. The molecule has 46 valence electrons. The van der Waals surface area contributed by atoms with Crippen molar-refractivity contribution in [2.24, 2.45) is 0 Å². The molecule has 0 spiro atoms. The summed E-state index contributed by atoms with van der Waals surface area (Å²) in [5, 5.41) is 0. The molecule has 1 aromatic heterocycles. The number of hydrogen-bond acceptors (Lipinski definition) is 0. The summed E-state index contributed by atoms with van der Waals surface area (Å²) >= 11 is 0. The van der Waals surface area contributed by atoms with Crippen LogP contribution in [0.15, 0.2) is 31.0 Å². The van der Waals surface area contributed by atoms with Crippen molar-refractivity contribution < 1.29 is 4.57 Å². The minimum absolute atomic E-state index is 1.20. The lowest BCUT2D eigenvalue weighted by atomic mass is 10.4. The molecular formula is C8H10N+. The molecule has 1 heteroatoms. The summed E-state index contributed by atoms with van der Waals surface area (Å²) in [5.41, 5.74) is 1.20. The van der Waals surface area contributed by atoms with Gasteiger partial charge in [-0.05, 0) is 6.58 Å². The van der Waals surface area contributed by atoms with E-state index in [1.54, 1.807) is 6.20 Å². The van der Waals surface area contributed by atoms with E-state index in [9.17, 15) is 0 Å². The molecule has 0 amide bonds. The predicted octanol–water partition coefficient (Wildman–Crippen LogP) is 1.38. The van der Waals surface area contributed by atoms with Gasteiger partial charge in [0.15, 0.2) is 18.1 Å². The zero-order chi connectivity index (χ0) is 6.69. The van der Waals surface area contributed by atoms with Crippen molar-refractivity contribution in [1.82, 2.24) is 0 Å². The molecule has 0 aliphatic rings. The van der Waals surface area contributed by atoms with Crippen LogP contribution in [0.1, 0.15) is 5.69 Å². The number of nitrogens with zero attached hydrogens (tertiary/aromatic N) is 1. The molecular weight excluding hydrogens is 110 g/mol. The Bertz CT molecular complexity index is 216. The van der Waals surface area contributed by atoms with Crippen molar-refractivity contribution in [3.63, 3.8) is 0 Å². The molecule has 0 fully saturated rings. The fourth-order valence-electron chi connectivity index (χ4n) is 0.746. The van der Waals surface area contributed by atoms with Gasteiger partial charge in [-0.25, -0.2) is 0 Å². The smallest absolute Gasteiger partial charge is 0.172 e. The van der Waals surface area contributed by atoms with Gasteiger partial charge in [0.25, 0.3) is 0 Å². The summed E-state index contributed by atoms with van der Waals surface area (Å²) in [5.74, 6) is 0. The third-order valence-electron chi connectivity index (χ3n) is 1.30. The van der Waals surface area contributed by atoms with Crippen LogP contribution in [0.25, 0.3) is 6.20 Å². The molecule has 0 radical (unpaired) electrons. The van der Waals surface area contributed by atoms with Crippen LogP contribution in [-0.4, -0.2) is 0 Å². The van der Waals surface area contributed by atoms with Gasteiger partial charge in [-0.2, -0.15) is 4.57 Å². The second-order valence-electron chi connectivity index (χ2n) is 1.93. The van der Waals surface area contributed by atoms with E-state index in [2.05, 4.69) is 6.58 Å². The maximum Gasteiger partial charge on any atom is 0.183 e. The fourth-order valence-corrected chi connectivity index (χ4v) is 0.746. The Hall–Kier alpha value is -1.11. The second-order valence-corrected chi connectivity index (χ2v) is 1.93. The Morgan fingerprint density at radius 1 is 1.56 bits per heavy atom. The van der Waals surface area contributed by atoms with Crippen molar-refractivity contribution in [2.45, 2.75) is 6.92 Å². The van der Waals surface area contributed by atoms with Crippen molar-refractivity contribution in [3.05, 3.63) is 36.7 Å². The van der Waals surface area contributed by atoms with Gasteiger partial charge >= 0.3 is 0 Å². The van der Waals surface area contributed by atoms with Crippen molar-refractivity contribution in [2.75, 3.05) is 0 Å². The first-order chi connectivity index (χ1) is 4.34. The Balaban J connectivity index is 3.15. The van der Waals surface area contributed by atoms with E-state index in [0.29, 0.717) is 0 Å². The third-order valence-corrected chi connectivity index (χ3v) is 1.30. The van der Waals surface area contributed by atoms with Crippen molar-refractivity contribution >= 4 is 6.20 Å². The first-order valence-electron chi connectivity index (χ1n) is 2.94. The molecule has 0 aliphatic carbocycles. The lowest BCUT2D eigenvalue weighted by molar-refractivity contribution is -0.575. The van der Waals surface area contributed by atoms with Gasteiger partial charge in [-0.15, -0.1) is 0 Å². The van der Waals surface area contributed by atoms with Crippen LogP contribution < -0.4 is 4.57 Å². The number of pyridine rings is 1. The van der Waals surface area contributed by atoms with E-state index in [1.165, 1.54) is 5.69 Å². The topological polar surface area (TPSA) is 3.88 Å². The molecule has 0 aliphatic heterocycles. The highest BCUT2D eigenvalue weighted by molar-refractivity contribution is 5.02. The number of aryl methyl sites for hydroxylation is 1. The van der Waals surface area contributed by atoms with Gasteiger partial charge in [0.1, 0.15) is 0 Å². The average Bonchev–Trinajstić information content (AvgIpc) is 1.89. The second kappa shape index (κ2) is 2.44. The summed E-state index contributed by atoms with van der Waals surface area (Å²) < 4.78 is 1.97. The molecule has 1 nitrogen and oxygen atoms in total. The largest absolute Gasteiger partial charge is 0.183 e. The van der Waals surface area contributed by atoms with Gasteiger partial charge in [0.05, 0.1) is 0 Å². The highest BCUT2D eigenvalue weighted by atomic mass is 14.9. The number of hydrogen-bond donors (Lipinski definition) is 0. The van der Waals surface area contributed by atoms with Crippen LogP contribution in [0.3, 0.4) is 0 Å². The van der Waals surface area contributed by atoms with Crippen LogP contribution in [0.4, 0.5) is 0 Å². The molecule has 0 bridgehead atoms. The van der Waals surface area contributed by atoms with Crippen molar-refractivity contribution in [1.29, 1.82) is 0 Å². The van der Waals surface area contributed by atoms with Crippen molar-refractivity contribution in [3.8, 4) is 0 Å². The predicted molar refractivity (Wildman–Crippen MR) is 37.8 cm³/mol. The van der Waals surface area contributed by atoms with E-state index >= 15 is 0 Å². The first kappa shape index (κ1) is 6.02. The van der Waals surface area contributed by atoms with Gasteiger partial charge < -0.3 is 0 Å². The normalized spacial score (nSPS) is 9.00. The molecule has 1 rings (SSSR count). The number of rotatable bonds is 1. The molecule has 0 atom stereocenters. The van der Waals surface area contributed by atoms with E-state index in [4.69, 9.17) is 0 Å². The van der Waals surface area contributed by atoms with E-state index < -0.39 is 0 Å². The Kier molecular flexibility index (Phi) is 1.63. The molecule has 0 saturated carbocycles. The first-order valence-corrected chi connectivity index (χ1v) is 2.94. The maximum atomic E-state index is 3.65. The van der Waals surface area contributed by atoms with Crippen LogP contribution >= 0.6 is 0 Å². The third kappa shape index (κ3) is 1.17. The lowest BCUT2D eigenvalue weighted by Crippen LogP contribution is -2.27. The zero-order valence-corrected chi connectivity index (χ0v) is 5.54. The van der Waals surface area contributed by atoms with Crippen LogP contribution in [0.5, 0.6) is 0 Å². The highest BCUT2D eigenvalue weighted by Crippen LogP contribution is 1.85. The van der Waals surface area contributed by atoms with Crippen LogP contribution in [0.2, 0.25) is 0 Å². The van der Waals surface area contributed by atoms with Gasteiger partial charge in [0, 0.05) is 19.1 Å². The SMILES string of the molecule is C=C[n+]1ccccc1C. The van der Waals surface area contributed by atoms with Gasteiger partial charge in [0.2, 0.25) is 0 Å². The molecule has 0 N–H and O–H groups in total. The summed E-state index contributed by atoms with van der Waals surface area (Å²) in [7, 11) is 0. The highest BCUT2D eigenvalue weighted by Gasteiger charge is 1.95. The number of aromatic nitrogens is 1. The summed E-state index contributed by atoms with van der Waals surface area (Å²) in [6.07, 6.45) is 3.76. The van der Waals surface area contributed by atoms with Gasteiger partial charge in [-0.1, -0.05) is 6.07 Å². The summed E-state index contributed by atoms with van der Waals surface area (Å²) in [6, 6.07) is 6.03. The molecule has 0 unspecified atom stereocenters. The molecule has 1 aromatic rings. The van der Waals surface area contributed by atoms with Crippen LogP contribution in [0, 0.1) is 6.92 Å². The fraction of sp³-hybridized carbons (Fsp3) is 0.125. The average molecular weight is 120 g/mol. The lowest BCUT2D eigenvalue weighted by Gasteiger charge is -1.88. The molecule has 0 saturated heterocycles. The minimum Gasteiger partial charge on any atom is -0.172 e.